The summed E-state index contributed by atoms with van der Waals surface area (Å²) in [6, 6.07) is 0. The van der Waals surface area contributed by atoms with Gasteiger partial charge in [-0.1, -0.05) is 6.92 Å². The van der Waals surface area contributed by atoms with Gasteiger partial charge in [0.25, 0.3) is 0 Å². The highest BCUT2D eigenvalue weighted by atomic mass is 79.9. The van der Waals surface area contributed by atoms with Gasteiger partial charge in [0.2, 0.25) is 5.95 Å². The fraction of sp³-hybridized carbons (Fsp3) is 0.636. The summed E-state index contributed by atoms with van der Waals surface area (Å²) in [7, 11) is -1.17. The van der Waals surface area contributed by atoms with E-state index in [9.17, 15) is 8.42 Å². The van der Waals surface area contributed by atoms with E-state index in [1.54, 1.807) is 11.1 Å². The lowest BCUT2D eigenvalue weighted by Gasteiger charge is -2.19. The zero-order valence-corrected chi connectivity index (χ0v) is 13.8. The van der Waals surface area contributed by atoms with Crippen LogP contribution in [0, 0.1) is 0 Å². The van der Waals surface area contributed by atoms with Crippen LogP contribution in [-0.4, -0.2) is 50.5 Å². The molecular weight excluding hydrogens is 332 g/mol. The highest BCUT2D eigenvalue weighted by Gasteiger charge is 2.12. The molecule has 0 atom stereocenters. The van der Waals surface area contributed by atoms with Crippen molar-refractivity contribution in [2.45, 2.75) is 13.3 Å². The lowest BCUT2D eigenvalue weighted by atomic mass is 10.5. The molecule has 1 heterocycles. The fourth-order valence-corrected chi connectivity index (χ4v) is 2.46. The van der Waals surface area contributed by atoms with E-state index in [0.717, 1.165) is 17.4 Å². The van der Waals surface area contributed by atoms with Crippen molar-refractivity contribution < 1.29 is 8.42 Å². The Labute approximate surface area is 122 Å². The standard InChI is InChI=1S/C11H19BrN4O2S/c1-4-5-13-11-14-8-9(12)10(15-11)16(2)6-7-19(3,17)18/h8H,4-7H2,1-3H3,(H,13,14,15). The van der Waals surface area contributed by atoms with Crippen molar-refractivity contribution in [2.75, 3.05) is 42.4 Å². The minimum absolute atomic E-state index is 0.0949. The van der Waals surface area contributed by atoms with E-state index in [2.05, 4.69) is 38.1 Å². The molecule has 0 saturated heterocycles. The van der Waals surface area contributed by atoms with Crippen molar-refractivity contribution in [1.82, 2.24) is 9.97 Å². The Morgan fingerprint density at radius 1 is 1.47 bits per heavy atom. The molecule has 1 N–H and O–H groups in total. The average molecular weight is 351 g/mol. The number of hydrogen-bond donors (Lipinski definition) is 1. The van der Waals surface area contributed by atoms with Crippen molar-refractivity contribution in [3.63, 3.8) is 0 Å². The molecule has 0 radical (unpaired) electrons. The maximum atomic E-state index is 11.2. The zero-order valence-electron chi connectivity index (χ0n) is 11.4. The number of nitrogens with zero attached hydrogens (tertiary/aromatic N) is 3. The number of rotatable bonds is 7. The minimum Gasteiger partial charge on any atom is -0.358 e. The van der Waals surface area contributed by atoms with Crippen LogP contribution in [0.3, 0.4) is 0 Å². The van der Waals surface area contributed by atoms with E-state index in [1.165, 1.54) is 6.26 Å². The third-order valence-electron chi connectivity index (χ3n) is 2.42. The summed E-state index contributed by atoms with van der Waals surface area (Å²) >= 11 is 3.38. The van der Waals surface area contributed by atoms with Crippen LogP contribution in [0.4, 0.5) is 11.8 Å². The maximum Gasteiger partial charge on any atom is 0.224 e. The molecule has 0 aliphatic heterocycles. The van der Waals surface area contributed by atoms with Gasteiger partial charge in [-0.05, 0) is 22.4 Å². The van der Waals surface area contributed by atoms with Gasteiger partial charge in [0.1, 0.15) is 15.7 Å². The number of sulfone groups is 1. The fourth-order valence-electron chi connectivity index (χ4n) is 1.36. The first-order valence-electron chi connectivity index (χ1n) is 5.98. The lowest BCUT2D eigenvalue weighted by molar-refractivity contribution is 0.601. The summed E-state index contributed by atoms with van der Waals surface area (Å²) in [6.07, 6.45) is 3.88. The molecule has 0 bridgehead atoms. The van der Waals surface area contributed by atoms with E-state index in [-0.39, 0.29) is 5.75 Å². The summed E-state index contributed by atoms with van der Waals surface area (Å²) < 4.78 is 23.1. The second-order valence-electron chi connectivity index (χ2n) is 4.34. The van der Waals surface area contributed by atoms with Gasteiger partial charge in [-0.15, -0.1) is 0 Å². The summed E-state index contributed by atoms with van der Waals surface area (Å²) in [4.78, 5) is 10.3. The SMILES string of the molecule is CCCNc1ncc(Br)c(N(C)CCS(C)(=O)=O)n1. The molecule has 0 amide bonds. The Kier molecular flexibility index (Phi) is 5.99. The molecular formula is C11H19BrN4O2S. The van der Waals surface area contributed by atoms with E-state index in [0.29, 0.717) is 18.3 Å². The van der Waals surface area contributed by atoms with Gasteiger partial charge in [-0.2, -0.15) is 4.98 Å². The summed E-state index contributed by atoms with van der Waals surface area (Å²) in [5, 5.41) is 3.10. The van der Waals surface area contributed by atoms with Crippen LogP contribution >= 0.6 is 15.9 Å². The van der Waals surface area contributed by atoms with Crippen molar-refractivity contribution >= 4 is 37.5 Å². The Balaban J connectivity index is 2.80. The van der Waals surface area contributed by atoms with Gasteiger partial charge in [0.05, 0.1) is 10.2 Å². The second kappa shape index (κ2) is 7.04. The Morgan fingerprint density at radius 3 is 2.74 bits per heavy atom. The average Bonchev–Trinajstić information content (AvgIpc) is 2.34. The van der Waals surface area contributed by atoms with E-state index in [4.69, 9.17) is 0 Å². The number of nitrogens with one attached hydrogen (secondary N) is 1. The topological polar surface area (TPSA) is 75.2 Å². The maximum absolute atomic E-state index is 11.2. The number of hydrogen-bond acceptors (Lipinski definition) is 6. The molecule has 0 saturated carbocycles. The van der Waals surface area contributed by atoms with Crippen LogP contribution in [0.2, 0.25) is 0 Å². The summed E-state index contributed by atoms with van der Waals surface area (Å²) in [6.45, 7) is 3.25. The molecule has 0 aliphatic carbocycles. The second-order valence-corrected chi connectivity index (χ2v) is 7.46. The molecule has 1 aromatic rings. The largest absolute Gasteiger partial charge is 0.358 e. The predicted molar refractivity (Wildman–Crippen MR) is 81.5 cm³/mol. The number of halogens is 1. The molecule has 0 aliphatic rings. The zero-order chi connectivity index (χ0) is 14.5. The highest BCUT2D eigenvalue weighted by molar-refractivity contribution is 9.10. The molecule has 19 heavy (non-hydrogen) atoms. The molecule has 1 aromatic heterocycles. The van der Waals surface area contributed by atoms with Crippen molar-refractivity contribution in [2.24, 2.45) is 0 Å². The smallest absolute Gasteiger partial charge is 0.224 e. The van der Waals surface area contributed by atoms with Gasteiger partial charge in [0.15, 0.2) is 0 Å². The van der Waals surface area contributed by atoms with Crippen LogP contribution in [0.1, 0.15) is 13.3 Å². The third kappa shape index (κ3) is 5.73. The van der Waals surface area contributed by atoms with Crippen molar-refractivity contribution in [3.05, 3.63) is 10.7 Å². The number of aromatic nitrogens is 2. The van der Waals surface area contributed by atoms with Crippen molar-refractivity contribution in [3.8, 4) is 0 Å². The summed E-state index contributed by atoms with van der Waals surface area (Å²) in [5.41, 5.74) is 0. The highest BCUT2D eigenvalue weighted by Crippen LogP contribution is 2.23. The van der Waals surface area contributed by atoms with Gasteiger partial charge in [-0.3, -0.25) is 0 Å². The molecule has 0 fully saturated rings. The van der Waals surface area contributed by atoms with Crippen LogP contribution in [0.25, 0.3) is 0 Å². The Bertz CT molecular complexity index is 521. The van der Waals surface area contributed by atoms with E-state index in [1.807, 2.05) is 7.05 Å². The van der Waals surface area contributed by atoms with Crippen LogP contribution in [0.15, 0.2) is 10.7 Å². The molecule has 6 nitrogen and oxygen atoms in total. The summed E-state index contributed by atoms with van der Waals surface area (Å²) in [5.74, 6) is 1.32. The molecule has 108 valence electrons. The van der Waals surface area contributed by atoms with Gasteiger partial charge in [0, 0.05) is 32.6 Å². The van der Waals surface area contributed by atoms with E-state index >= 15 is 0 Å². The Hall–Kier alpha value is -0.890. The molecule has 0 unspecified atom stereocenters. The van der Waals surface area contributed by atoms with Gasteiger partial charge >= 0.3 is 0 Å². The van der Waals surface area contributed by atoms with Crippen molar-refractivity contribution in [1.29, 1.82) is 0 Å². The first kappa shape index (κ1) is 16.2. The lowest BCUT2D eigenvalue weighted by Crippen LogP contribution is -2.26. The number of anilines is 2. The first-order chi connectivity index (χ1) is 8.83. The van der Waals surface area contributed by atoms with Crippen LogP contribution in [0.5, 0.6) is 0 Å². The van der Waals surface area contributed by atoms with E-state index < -0.39 is 9.84 Å². The van der Waals surface area contributed by atoms with Crippen LogP contribution in [-0.2, 0) is 9.84 Å². The third-order valence-corrected chi connectivity index (χ3v) is 3.90. The van der Waals surface area contributed by atoms with Gasteiger partial charge < -0.3 is 10.2 Å². The molecule has 8 heteroatoms. The molecule has 0 spiro atoms. The first-order valence-corrected chi connectivity index (χ1v) is 8.84. The van der Waals surface area contributed by atoms with Gasteiger partial charge in [-0.25, -0.2) is 13.4 Å². The molecule has 0 aromatic carbocycles. The van der Waals surface area contributed by atoms with Crippen LogP contribution < -0.4 is 10.2 Å². The monoisotopic (exact) mass is 350 g/mol. The quantitative estimate of drug-likeness (QED) is 0.803. The normalized spacial score (nSPS) is 11.4. The minimum atomic E-state index is -2.98. The molecule has 1 rings (SSSR count). The predicted octanol–water partition coefficient (Wildman–Crippen LogP) is 1.54. The Morgan fingerprint density at radius 2 is 2.16 bits per heavy atom.